The van der Waals surface area contributed by atoms with E-state index in [1.54, 1.807) is 0 Å². The molecule has 12 rings (SSSR count). The number of fused-ring (bicyclic) bond motifs is 10. The minimum atomic E-state index is -0.392. The van der Waals surface area contributed by atoms with Crippen molar-refractivity contribution in [2.24, 2.45) is 4.99 Å². The van der Waals surface area contributed by atoms with Crippen molar-refractivity contribution in [3.63, 3.8) is 0 Å². The van der Waals surface area contributed by atoms with Crippen molar-refractivity contribution in [1.29, 1.82) is 0 Å². The molecule has 0 radical (unpaired) electrons. The van der Waals surface area contributed by atoms with E-state index in [0.29, 0.717) is 0 Å². The Hall–Kier alpha value is -7.11. The number of para-hydroxylation sites is 4. The molecule has 5 heterocycles. The van der Waals surface area contributed by atoms with Gasteiger partial charge in [-0.15, -0.1) is 0 Å². The number of nitrogens with one attached hydrogen (secondary N) is 1. The van der Waals surface area contributed by atoms with Gasteiger partial charge in [0.1, 0.15) is 0 Å². The number of nitrogens with zero attached hydrogens (tertiary/aromatic N) is 4. The highest BCUT2D eigenvalue weighted by Crippen LogP contribution is 2.41. The van der Waals surface area contributed by atoms with E-state index in [1.165, 1.54) is 54.3 Å². The second-order valence-electron chi connectivity index (χ2n) is 14.1. The van der Waals surface area contributed by atoms with Crippen LogP contribution in [0.2, 0.25) is 0 Å². The lowest BCUT2D eigenvalue weighted by molar-refractivity contribution is 0.508. The van der Waals surface area contributed by atoms with Crippen LogP contribution in [0.15, 0.2) is 181 Å². The first-order chi connectivity index (χ1) is 26.3. The van der Waals surface area contributed by atoms with Crippen LogP contribution in [0.3, 0.4) is 0 Å². The van der Waals surface area contributed by atoms with Crippen LogP contribution in [0, 0.1) is 0 Å². The van der Waals surface area contributed by atoms with Crippen molar-refractivity contribution in [2.45, 2.75) is 6.29 Å². The molecule has 1 unspecified atom stereocenters. The number of allylic oxidation sites excluding steroid dienone is 1. The Morgan fingerprint density at radius 3 is 1.87 bits per heavy atom. The minimum absolute atomic E-state index is 0.392. The van der Waals surface area contributed by atoms with E-state index in [9.17, 15) is 0 Å². The molecule has 1 N–H and O–H groups in total. The number of aliphatic imine (C=N–C) groups is 1. The first-order valence-corrected chi connectivity index (χ1v) is 18.2. The fourth-order valence-corrected chi connectivity index (χ4v) is 8.95. The van der Waals surface area contributed by atoms with E-state index >= 15 is 0 Å². The topological polar surface area (TPSA) is 38.1 Å². The summed E-state index contributed by atoms with van der Waals surface area (Å²) in [5.41, 5.74) is 12.4. The zero-order chi connectivity index (χ0) is 34.6. The molecule has 0 saturated carbocycles. The van der Waals surface area contributed by atoms with Gasteiger partial charge in [-0.1, -0.05) is 133 Å². The SMILES string of the molecule is C1=C(c2ccccc2)NC(n2c3ccccc3c3cc4c(cc32)n2ccc3cccc(c5cccc6c7ccccc7n4c56)c32)N=C1c1ccccc1. The third-order valence-corrected chi connectivity index (χ3v) is 11.2. The highest BCUT2D eigenvalue weighted by Gasteiger charge is 2.25. The Labute approximate surface area is 304 Å². The van der Waals surface area contributed by atoms with Crippen LogP contribution in [0.4, 0.5) is 0 Å². The maximum atomic E-state index is 5.45. The van der Waals surface area contributed by atoms with E-state index in [2.05, 4.69) is 195 Å². The van der Waals surface area contributed by atoms with Crippen molar-refractivity contribution >= 4 is 87.7 Å². The second-order valence-corrected chi connectivity index (χ2v) is 14.1. The van der Waals surface area contributed by atoms with E-state index < -0.39 is 6.29 Å². The van der Waals surface area contributed by atoms with Crippen molar-refractivity contribution in [3.8, 4) is 0 Å². The lowest BCUT2D eigenvalue weighted by Gasteiger charge is -2.27. The van der Waals surface area contributed by atoms with E-state index in [-0.39, 0.29) is 0 Å². The number of aromatic nitrogens is 3. The molecule has 0 amide bonds. The highest BCUT2D eigenvalue weighted by atomic mass is 15.3. The van der Waals surface area contributed by atoms with Gasteiger partial charge in [-0.05, 0) is 47.5 Å². The molecule has 0 bridgehead atoms. The summed E-state index contributed by atoms with van der Waals surface area (Å²) in [6.45, 7) is 0. The number of rotatable bonds is 3. The fourth-order valence-electron chi connectivity index (χ4n) is 8.95. The first-order valence-electron chi connectivity index (χ1n) is 18.2. The average Bonchev–Trinajstić information content (AvgIpc) is 3.90. The Kier molecular flexibility index (Phi) is 5.77. The van der Waals surface area contributed by atoms with Crippen molar-refractivity contribution < 1.29 is 0 Å². The van der Waals surface area contributed by atoms with Crippen molar-refractivity contribution in [1.82, 2.24) is 18.7 Å². The molecule has 7 aromatic carbocycles. The summed E-state index contributed by atoms with van der Waals surface area (Å²) in [7, 11) is 0. The van der Waals surface area contributed by atoms with Gasteiger partial charge in [-0.3, -0.25) is 0 Å². The fraction of sp³-hybridized carbons (Fsp3) is 0.0208. The van der Waals surface area contributed by atoms with Gasteiger partial charge in [-0.25, -0.2) is 4.99 Å². The van der Waals surface area contributed by atoms with Gasteiger partial charge in [-0.2, -0.15) is 0 Å². The largest absolute Gasteiger partial charge is 0.346 e. The number of hydrogen-bond acceptors (Lipinski definition) is 2. The third kappa shape index (κ3) is 3.99. The van der Waals surface area contributed by atoms with Crippen LogP contribution in [0.1, 0.15) is 17.4 Å². The maximum absolute atomic E-state index is 5.45. The molecule has 0 aliphatic carbocycles. The predicted octanol–water partition coefficient (Wildman–Crippen LogP) is 11.5. The Bertz CT molecular complexity index is 3360. The number of hydrogen-bond donors (Lipinski definition) is 1. The molecule has 0 saturated heterocycles. The monoisotopic (exact) mass is 677 g/mol. The van der Waals surface area contributed by atoms with Crippen LogP contribution in [-0.4, -0.2) is 19.1 Å². The second kappa shape index (κ2) is 10.7. The van der Waals surface area contributed by atoms with Gasteiger partial charge in [0.25, 0.3) is 0 Å². The Morgan fingerprint density at radius 2 is 1.08 bits per heavy atom. The molecule has 11 aromatic rings. The summed E-state index contributed by atoms with van der Waals surface area (Å²) in [5.74, 6) is 0. The number of benzene rings is 7. The van der Waals surface area contributed by atoms with Crippen LogP contribution in [-0.2, 0) is 0 Å². The Balaban J connectivity index is 1.25. The maximum Gasteiger partial charge on any atom is 0.201 e. The lowest BCUT2D eigenvalue weighted by atomic mass is 10.0. The smallest absolute Gasteiger partial charge is 0.201 e. The molecule has 4 aromatic heterocycles. The predicted molar refractivity (Wildman–Crippen MR) is 221 cm³/mol. The highest BCUT2D eigenvalue weighted by molar-refractivity contribution is 6.23. The molecule has 1 aliphatic rings. The van der Waals surface area contributed by atoms with Crippen LogP contribution < -0.4 is 5.32 Å². The van der Waals surface area contributed by atoms with Gasteiger partial charge < -0.3 is 18.7 Å². The first kappa shape index (κ1) is 28.6. The summed E-state index contributed by atoms with van der Waals surface area (Å²) in [6.07, 6.45) is 4.03. The summed E-state index contributed by atoms with van der Waals surface area (Å²) < 4.78 is 7.30. The zero-order valence-corrected chi connectivity index (χ0v) is 28.6. The van der Waals surface area contributed by atoms with Crippen molar-refractivity contribution in [3.05, 3.63) is 187 Å². The van der Waals surface area contributed by atoms with Crippen LogP contribution >= 0.6 is 0 Å². The molecular formula is C48H31N5. The molecule has 248 valence electrons. The van der Waals surface area contributed by atoms with Crippen molar-refractivity contribution in [2.75, 3.05) is 0 Å². The summed E-state index contributed by atoms with van der Waals surface area (Å²) in [5, 5.41) is 12.5. The van der Waals surface area contributed by atoms with Gasteiger partial charge >= 0.3 is 0 Å². The molecule has 5 heteroatoms. The molecule has 0 spiro atoms. The third-order valence-electron chi connectivity index (χ3n) is 11.2. The van der Waals surface area contributed by atoms with E-state index in [0.717, 1.165) is 44.6 Å². The Morgan fingerprint density at radius 1 is 0.453 bits per heavy atom. The normalized spacial score (nSPS) is 15.0. The zero-order valence-electron chi connectivity index (χ0n) is 28.6. The average molecular weight is 678 g/mol. The summed E-state index contributed by atoms with van der Waals surface area (Å²) in [6, 6.07) is 59.2. The van der Waals surface area contributed by atoms with Crippen LogP contribution in [0.25, 0.3) is 82.0 Å². The molecule has 53 heavy (non-hydrogen) atoms. The summed E-state index contributed by atoms with van der Waals surface area (Å²) >= 11 is 0. The van der Waals surface area contributed by atoms with Gasteiger partial charge in [0.05, 0.1) is 44.3 Å². The van der Waals surface area contributed by atoms with E-state index in [1.807, 2.05) is 0 Å². The molecular weight excluding hydrogens is 647 g/mol. The van der Waals surface area contributed by atoms with E-state index in [4.69, 9.17) is 4.99 Å². The molecule has 1 aliphatic heterocycles. The summed E-state index contributed by atoms with van der Waals surface area (Å²) in [4.78, 5) is 5.45. The molecule has 5 nitrogen and oxygen atoms in total. The molecule has 1 atom stereocenters. The van der Waals surface area contributed by atoms with Gasteiger partial charge in [0.15, 0.2) is 0 Å². The van der Waals surface area contributed by atoms with Crippen LogP contribution in [0.5, 0.6) is 0 Å². The lowest BCUT2D eigenvalue weighted by Crippen LogP contribution is -2.29. The molecule has 0 fully saturated rings. The standard InChI is InChI=1S/C48H31N5/c1-3-13-30(14-4-1)39-28-40(31-15-5-2-6-16-31)50-48(49-39)53-42-24-10-8-19-34(42)38-27-45-44(29-43(38)53)51-26-25-32-17-11-20-36(46(32)51)37-22-12-21-35-33-18-7-9-23-41(33)52(45)47(35)37/h1-29,48-49H. The van der Waals surface area contributed by atoms with Gasteiger partial charge in [0.2, 0.25) is 6.29 Å². The van der Waals surface area contributed by atoms with Gasteiger partial charge in [0, 0.05) is 49.6 Å². The quantitative estimate of drug-likeness (QED) is 0.199. The minimum Gasteiger partial charge on any atom is -0.346 e.